The second-order valence-corrected chi connectivity index (χ2v) is 6.49. The van der Waals surface area contributed by atoms with Gasteiger partial charge in [0.05, 0.1) is 22.0 Å². The van der Waals surface area contributed by atoms with Crippen molar-refractivity contribution >= 4 is 28.2 Å². The minimum Gasteiger partial charge on any atom is -0.340 e. The van der Waals surface area contributed by atoms with Gasteiger partial charge in [-0.25, -0.2) is 9.97 Å². The zero-order valence-electron chi connectivity index (χ0n) is 13.0. The average molecular weight is 344 g/mol. The molecule has 0 aliphatic rings. The first kappa shape index (κ1) is 15.2. The molecule has 2 aromatic carbocycles. The predicted octanol–water partition coefficient (Wildman–Crippen LogP) is 4.18. The highest BCUT2D eigenvalue weighted by atomic mass is 32.1. The smallest absolute Gasteiger partial charge is 0.199 e. The molecule has 0 fully saturated rings. The lowest BCUT2D eigenvalue weighted by Crippen LogP contribution is -2.11. The summed E-state index contributed by atoms with van der Waals surface area (Å²) in [5, 5.41) is 10.3. The molecule has 4 aromatic rings. The van der Waals surface area contributed by atoms with E-state index in [0.717, 1.165) is 21.6 Å². The maximum atomic E-state index is 12.8. The van der Waals surface area contributed by atoms with Gasteiger partial charge >= 0.3 is 0 Å². The fourth-order valence-corrected chi connectivity index (χ4v) is 3.49. The van der Waals surface area contributed by atoms with E-state index in [0.29, 0.717) is 10.7 Å². The quantitative estimate of drug-likeness (QED) is 0.563. The van der Waals surface area contributed by atoms with Crippen molar-refractivity contribution in [3.05, 3.63) is 71.5 Å². The molecule has 0 aliphatic heterocycles. The van der Waals surface area contributed by atoms with E-state index in [1.54, 1.807) is 0 Å². The lowest BCUT2D eigenvalue weighted by molar-refractivity contribution is 0.0980. The van der Waals surface area contributed by atoms with E-state index >= 15 is 0 Å². The Kier molecular flexibility index (Phi) is 3.84. The second kappa shape index (κ2) is 6.30. The largest absolute Gasteiger partial charge is 0.340 e. The fourth-order valence-electron chi connectivity index (χ4n) is 2.60. The van der Waals surface area contributed by atoms with Crippen molar-refractivity contribution < 1.29 is 4.79 Å². The summed E-state index contributed by atoms with van der Waals surface area (Å²) in [7, 11) is 0. The van der Waals surface area contributed by atoms with Gasteiger partial charge in [0.1, 0.15) is 10.8 Å². The molecule has 0 bridgehead atoms. The topological polar surface area (TPSA) is 82.4 Å². The number of carbonyl (C=O) groups is 1. The molecule has 1 unspecified atom stereocenters. The van der Waals surface area contributed by atoms with Crippen LogP contribution in [0.3, 0.4) is 0 Å². The number of benzene rings is 2. The van der Waals surface area contributed by atoms with Gasteiger partial charge in [-0.3, -0.25) is 4.79 Å². The first-order chi connectivity index (χ1) is 12.3. The van der Waals surface area contributed by atoms with E-state index in [4.69, 9.17) is 0 Å². The number of aromatic nitrogens is 3. The van der Waals surface area contributed by atoms with Crippen LogP contribution in [0.1, 0.15) is 21.4 Å². The molecule has 0 saturated carbocycles. The standard InChI is InChI=1S/C19H12N4OS/c20-10-13(18-22-14-8-4-5-9-15(14)23-18)17(24)16-11-21-19(25-16)12-6-2-1-3-7-12/h1-9,11,13H,(H,22,23). The van der Waals surface area contributed by atoms with Crippen molar-refractivity contribution in [3.8, 4) is 16.6 Å². The molecule has 4 rings (SSSR count). The van der Waals surface area contributed by atoms with Crippen LogP contribution < -0.4 is 0 Å². The molecule has 0 spiro atoms. The van der Waals surface area contributed by atoms with E-state index in [2.05, 4.69) is 21.0 Å². The van der Waals surface area contributed by atoms with Crippen LogP contribution in [0.15, 0.2) is 60.8 Å². The number of Topliss-reactive ketones (excluding diaryl/α,β-unsaturated/α-hetero) is 1. The number of thiazole rings is 1. The first-order valence-corrected chi connectivity index (χ1v) is 8.47. The Morgan fingerprint density at radius 3 is 2.64 bits per heavy atom. The number of aromatic amines is 1. The number of hydrogen-bond donors (Lipinski definition) is 1. The van der Waals surface area contributed by atoms with E-state index < -0.39 is 5.92 Å². The average Bonchev–Trinajstić information content (AvgIpc) is 3.30. The van der Waals surface area contributed by atoms with Crippen LogP contribution in [0.2, 0.25) is 0 Å². The molecule has 0 radical (unpaired) electrons. The van der Waals surface area contributed by atoms with Crippen molar-refractivity contribution in [2.75, 3.05) is 0 Å². The molecular weight excluding hydrogens is 332 g/mol. The van der Waals surface area contributed by atoms with Crippen molar-refractivity contribution in [1.29, 1.82) is 5.26 Å². The molecule has 120 valence electrons. The SMILES string of the molecule is N#CC(C(=O)c1cnc(-c2ccccc2)s1)c1nc2ccccc2[nH]1. The summed E-state index contributed by atoms with van der Waals surface area (Å²) in [5.74, 6) is -0.902. The minimum absolute atomic E-state index is 0.291. The summed E-state index contributed by atoms with van der Waals surface area (Å²) in [4.78, 5) is 25.0. The zero-order valence-corrected chi connectivity index (χ0v) is 13.8. The Balaban J connectivity index is 1.67. The van der Waals surface area contributed by atoms with E-state index in [1.807, 2.05) is 54.6 Å². The number of H-pyrrole nitrogens is 1. The fraction of sp³-hybridized carbons (Fsp3) is 0.0526. The summed E-state index contributed by atoms with van der Waals surface area (Å²) in [6, 6.07) is 19.2. The highest BCUT2D eigenvalue weighted by Crippen LogP contribution is 2.29. The highest BCUT2D eigenvalue weighted by Gasteiger charge is 2.27. The summed E-state index contributed by atoms with van der Waals surface area (Å²) in [5.41, 5.74) is 2.49. The van der Waals surface area contributed by atoms with Crippen LogP contribution in [-0.2, 0) is 0 Å². The molecule has 0 saturated heterocycles. The summed E-state index contributed by atoms with van der Waals surface area (Å²) in [6.07, 6.45) is 1.53. The molecule has 2 aromatic heterocycles. The summed E-state index contributed by atoms with van der Waals surface area (Å²) >= 11 is 1.29. The number of nitrogens with one attached hydrogen (secondary N) is 1. The van der Waals surface area contributed by atoms with Gasteiger partial charge in [-0.1, -0.05) is 42.5 Å². The Hall–Kier alpha value is -3.30. The van der Waals surface area contributed by atoms with E-state index in [9.17, 15) is 10.1 Å². The van der Waals surface area contributed by atoms with Crippen LogP contribution in [0.5, 0.6) is 0 Å². The number of para-hydroxylation sites is 2. The van der Waals surface area contributed by atoms with Gasteiger partial charge in [0.15, 0.2) is 11.7 Å². The number of ketones is 1. The summed E-state index contributed by atoms with van der Waals surface area (Å²) < 4.78 is 0. The van der Waals surface area contributed by atoms with Crippen LogP contribution >= 0.6 is 11.3 Å². The Morgan fingerprint density at radius 1 is 1.12 bits per heavy atom. The van der Waals surface area contributed by atoms with Crippen LogP contribution in [0.25, 0.3) is 21.6 Å². The normalized spacial score (nSPS) is 12.0. The third kappa shape index (κ3) is 2.82. The lowest BCUT2D eigenvalue weighted by atomic mass is 10.0. The number of nitrogens with zero attached hydrogens (tertiary/aromatic N) is 3. The molecule has 25 heavy (non-hydrogen) atoms. The van der Waals surface area contributed by atoms with Gasteiger partial charge in [0, 0.05) is 11.8 Å². The van der Waals surface area contributed by atoms with Gasteiger partial charge < -0.3 is 4.98 Å². The number of rotatable bonds is 4. The van der Waals surface area contributed by atoms with Crippen molar-refractivity contribution in [1.82, 2.24) is 15.0 Å². The van der Waals surface area contributed by atoms with Gasteiger partial charge in [-0.05, 0) is 12.1 Å². The van der Waals surface area contributed by atoms with Crippen LogP contribution in [0, 0.1) is 11.3 Å². The van der Waals surface area contributed by atoms with Gasteiger partial charge in [0.2, 0.25) is 0 Å². The Labute approximate surface area is 147 Å². The van der Waals surface area contributed by atoms with Crippen LogP contribution in [-0.4, -0.2) is 20.7 Å². The monoisotopic (exact) mass is 344 g/mol. The molecule has 2 heterocycles. The van der Waals surface area contributed by atoms with Crippen LogP contribution in [0.4, 0.5) is 0 Å². The third-order valence-corrected chi connectivity index (χ3v) is 4.90. The van der Waals surface area contributed by atoms with Gasteiger partial charge in [-0.2, -0.15) is 5.26 Å². The number of carbonyl (C=O) groups excluding carboxylic acids is 1. The van der Waals surface area contributed by atoms with E-state index in [1.165, 1.54) is 17.5 Å². The zero-order chi connectivity index (χ0) is 17.2. The number of nitriles is 1. The summed E-state index contributed by atoms with van der Waals surface area (Å²) in [6.45, 7) is 0. The maximum absolute atomic E-state index is 12.8. The predicted molar refractivity (Wildman–Crippen MR) is 96.3 cm³/mol. The third-order valence-electron chi connectivity index (χ3n) is 3.84. The van der Waals surface area contributed by atoms with Gasteiger partial charge in [0.25, 0.3) is 0 Å². The molecule has 1 atom stereocenters. The first-order valence-electron chi connectivity index (χ1n) is 7.66. The van der Waals surface area contributed by atoms with Gasteiger partial charge in [-0.15, -0.1) is 11.3 Å². The second-order valence-electron chi connectivity index (χ2n) is 5.46. The van der Waals surface area contributed by atoms with Crippen molar-refractivity contribution in [2.24, 2.45) is 0 Å². The molecule has 5 nitrogen and oxygen atoms in total. The molecule has 1 N–H and O–H groups in total. The van der Waals surface area contributed by atoms with E-state index in [-0.39, 0.29) is 5.78 Å². The van der Waals surface area contributed by atoms with Crippen molar-refractivity contribution in [3.63, 3.8) is 0 Å². The highest BCUT2D eigenvalue weighted by molar-refractivity contribution is 7.17. The molecule has 6 heteroatoms. The Morgan fingerprint density at radius 2 is 1.88 bits per heavy atom. The number of fused-ring (bicyclic) bond motifs is 1. The maximum Gasteiger partial charge on any atom is 0.199 e. The van der Waals surface area contributed by atoms with Crippen molar-refractivity contribution in [2.45, 2.75) is 5.92 Å². The molecular formula is C19H12N4OS. The molecule has 0 aliphatic carbocycles. The lowest BCUT2D eigenvalue weighted by Gasteiger charge is -2.02. The molecule has 0 amide bonds. The number of imidazole rings is 1. The number of hydrogen-bond acceptors (Lipinski definition) is 5. The minimum atomic E-state index is -0.975. The Bertz CT molecular complexity index is 1060.